The number of hydrogen-bond donors (Lipinski definition) is 3. The van der Waals surface area contributed by atoms with Gasteiger partial charge in [0.2, 0.25) is 5.91 Å². The number of likely N-dealkylation sites (N-methyl/N-ethyl adjacent to an activating group) is 1. The van der Waals surface area contributed by atoms with Crippen molar-refractivity contribution < 1.29 is 43.2 Å². The zero-order valence-electron chi connectivity index (χ0n) is 37.7. The van der Waals surface area contributed by atoms with E-state index in [1.165, 1.54) is 17.0 Å². The summed E-state index contributed by atoms with van der Waals surface area (Å²) >= 11 is 0. The summed E-state index contributed by atoms with van der Waals surface area (Å²) in [6.07, 6.45) is 2.50. The topological polar surface area (TPSA) is 174 Å². The van der Waals surface area contributed by atoms with Gasteiger partial charge < -0.3 is 33.9 Å². The van der Waals surface area contributed by atoms with Crippen LogP contribution in [0.15, 0.2) is 54.7 Å². The average molecular weight is 867 g/mol. The Morgan fingerprint density at radius 1 is 1.10 bits per heavy atom. The lowest BCUT2D eigenvalue weighted by Crippen LogP contribution is -2.62. The molecular weight excluding hydrogens is 805 g/mol. The van der Waals surface area contributed by atoms with Crippen LogP contribution in [0.2, 0.25) is 0 Å². The lowest BCUT2D eigenvalue weighted by Gasteiger charge is -2.36. The summed E-state index contributed by atoms with van der Waals surface area (Å²) in [7, 11) is 3.18. The summed E-state index contributed by atoms with van der Waals surface area (Å²) < 4.78 is 25.2. The monoisotopic (exact) mass is 866 g/mol. The van der Waals surface area contributed by atoms with Crippen molar-refractivity contribution in [1.82, 2.24) is 30.2 Å². The Kier molecular flexibility index (Phi) is 13.8. The third-order valence-electron chi connectivity index (χ3n) is 12.4. The molecule has 5 atom stereocenters. The Bertz CT molecular complexity index is 2340. The third-order valence-corrected chi connectivity index (χ3v) is 12.4. The number of cyclic esters (lactones) is 1. The summed E-state index contributed by atoms with van der Waals surface area (Å²) in [5, 5.41) is 16.6. The predicted molar refractivity (Wildman–Crippen MR) is 237 cm³/mol. The number of nitrogens with zero attached hydrogens (tertiary/aromatic N) is 4. The SMILES string of the molecule is CCn1c(-c2cccnc2[C@H](C)OC)c2c3cc(ccc31)-c1cc(O)cc(c1)C[C@H](NC(=O)C(C(C)C)N(C)C(=O)O[C@H]1CCOC1)C(=O)N1CCC[C@H](N1)C(=O)OCC(C)(C)C2. The molecule has 0 radical (unpaired) electrons. The molecular formula is C48H62N6O9. The van der Waals surface area contributed by atoms with Gasteiger partial charge in [-0.05, 0) is 97.7 Å². The highest BCUT2D eigenvalue weighted by Gasteiger charge is 2.38. The van der Waals surface area contributed by atoms with Crippen LogP contribution in [-0.4, -0.2) is 113 Å². The third kappa shape index (κ3) is 9.85. The fourth-order valence-electron chi connectivity index (χ4n) is 9.19. The quantitative estimate of drug-likeness (QED) is 0.161. The summed E-state index contributed by atoms with van der Waals surface area (Å²) in [6.45, 7) is 13.7. The van der Waals surface area contributed by atoms with Crippen LogP contribution in [0.5, 0.6) is 5.75 Å². The molecule has 15 nitrogen and oxygen atoms in total. The van der Waals surface area contributed by atoms with Gasteiger partial charge in [-0.15, -0.1) is 0 Å². The van der Waals surface area contributed by atoms with Gasteiger partial charge >= 0.3 is 12.1 Å². The van der Waals surface area contributed by atoms with Crippen LogP contribution >= 0.6 is 0 Å². The minimum Gasteiger partial charge on any atom is -0.508 e. The molecule has 3 N–H and O–H groups in total. The highest BCUT2D eigenvalue weighted by Crippen LogP contribution is 2.42. The second-order valence-electron chi connectivity index (χ2n) is 18.2. The first-order chi connectivity index (χ1) is 30.1. The summed E-state index contributed by atoms with van der Waals surface area (Å²) in [5.41, 5.74) is 9.57. The number of amides is 3. The molecule has 63 heavy (non-hydrogen) atoms. The van der Waals surface area contributed by atoms with Gasteiger partial charge in [0, 0.05) is 68.2 Å². The molecule has 0 aliphatic carbocycles. The number of esters is 1. The van der Waals surface area contributed by atoms with E-state index in [0.717, 1.165) is 44.5 Å². The molecule has 5 heterocycles. The first-order valence-corrected chi connectivity index (χ1v) is 22.1. The summed E-state index contributed by atoms with van der Waals surface area (Å²) in [5.74, 6) is -1.85. The average Bonchev–Trinajstić information content (AvgIpc) is 3.89. The summed E-state index contributed by atoms with van der Waals surface area (Å²) in [4.78, 5) is 62.1. The normalized spacial score (nSPS) is 21.4. The summed E-state index contributed by atoms with van der Waals surface area (Å²) in [6, 6.07) is 12.5. The van der Waals surface area contributed by atoms with Crippen LogP contribution in [0.1, 0.15) is 83.7 Å². The number of phenolic OH excluding ortho intramolecular Hbond substituents is 1. The van der Waals surface area contributed by atoms with Gasteiger partial charge in [-0.1, -0.05) is 39.8 Å². The molecule has 7 rings (SSSR count). The number of aryl methyl sites for hydroxylation is 1. The number of carbonyl (C=O) groups is 4. The number of fused-ring (bicyclic) bond motifs is 6. The number of hydrazine groups is 1. The van der Waals surface area contributed by atoms with Gasteiger partial charge in [0.05, 0.1) is 37.3 Å². The number of phenols is 1. The van der Waals surface area contributed by atoms with Crippen LogP contribution in [0.25, 0.3) is 33.3 Å². The highest BCUT2D eigenvalue weighted by atomic mass is 16.6. The first kappa shape index (κ1) is 45.5. The molecule has 2 fully saturated rings. The number of aromatic hydroxyl groups is 1. The van der Waals surface area contributed by atoms with Crippen molar-refractivity contribution in [2.45, 2.75) is 111 Å². The molecule has 2 saturated heterocycles. The van der Waals surface area contributed by atoms with Crippen LogP contribution in [0.4, 0.5) is 4.79 Å². The Morgan fingerprint density at radius 3 is 2.60 bits per heavy atom. The fraction of sp³-hybridized carbons (Fsp3) is 0.521. The molecule has 3 amide bonds. The van der Waals surface area contributed by atoms with Crippen LogP contribution in [0, 0.1) is 11.3 Å². The minimum absolute atomic E-state index is 0.00281. The van der Waals surface area contributed by atoms with E-state index >= 15 is 0 Å². The van der Waals surface area contributed by atoms with Gasteiger partial charge in [-0.2, -0.15) is 0 Å². The molecule has 4 aromatic rings. The van der Waals surface area contributed by atoms with Crippen molar-refractivity contribution in [3.8, 4) is 28.1 Å². The zero-order chi connectivity index (χ0) is 45.2. The van der Waals surface area contributed by atoms with Crippen molar-refractivity contribution in [1.29, 1.82) is 0 Å². The van der Waals surface area contributed by atoms with Gasteiger partial charge in [0.1, 0.15) is 30.0 Å². The number of nitrogens with one attached hydrogen (secondary N) is 2. The lowest BCUT2D eigenvalue weighted by molar-refractivity contribution is -0.155. The Balaban J connectivity index is 1.33. The number of rotatable bonds is 9. The van der Waals surface area contributed by atoms with Crippen LogP contribution in [0.3, 0.4) is 0 Å². The van der Waals surface area contributed by atoms with Crippen molar-refractivity contribution in [3.63, 3.8) is 0 Å². The maximum absolute atomic E-state index is 14.6. The van der Waals surface area contributed by atoms with E-state index in [9.17, 15) is 24.3 Å². The van der Waals surface area contributed by atoms with E-state index in [1.54, 1.807) is 25.4 Å². The molecule has 3 aliphatic heterocycles. The largest absolute Gasteiger partial charge is 0.508 e. The Hall–Kier alpha value is -5.51. The second kappa shape index (κ2) is 19.1. The molecule has 0 saturated carbocycles. The van der Waals surface area contributed by atoms with Crippen LogP contribution < -0.4 is 10.7 Å². The van der Waals surface area contributed by atoms with Gasteiger partial charge in [0.15, 0.2) is 0 Å². The smallest absolute Gasteiger partial charge is 0.410 e. The molecule has 1 unspecified atom stereocenters. The Labute approximate surface area is 369 Å². The van der Waals surface area contributed by atoms with E-state index in [4.69, 9.17) is 23.9 Å². The van der Waals surface area contributed by atoms with Gasteiger partial charge in [-0.25, -0.2) is 10.2 Å². The van der Waals surface area contributed by atoms with Crippen LogP contribution in [-0.2, 0) is 52.7 Å². The molecule has 2 aromatic heterocycles. The van der Waals surface area contributed by atoms with Crippen molar-refractivity contribution in [3.05, 3.63) is 71.5 Å². The number of methoxy groups -OCH3 is 1. The maximum Gasteiger partial charge on any atom is 0.410 e. The maximum atomic E-state index is 14.6. The van der Waals surface area contributed by atoms with Crippen molar-refractivity contribution in [2.24, 2.45) is 11.3 Å². The van der Waals surface area contributed by atoms with Gasteiger partial charge in [0.25, 0.3) is 5.91 Å². The van der Waals surface area contributed by atoms with E-state index in [-0.39, 0.29) is 44.0 Å². The number of ether oxygens (including phenoxy) is 4. The number of pyridine rings is 1. The number of aromatic nitrogens is 2. The lowest BCUT2D eigenvalue weighted by atomic mass is 9.84. The number of hydrogen-bond acceptors (Lipinski definition) is 11. The molecule has 0 spiro atoms. The first-order valence-electron chi connectivity index (χ1n) is 22.1. The molecule has 338 valence electrons. The van der Waals surface area contributed by atoms with Gasteiger partial charge in [-0.3, -0.25) is 29.3 Å². The van der Waals surface area contributed by atoms with E-state index in [0.29, 0.717) is 44.4 Å². The molecule has 6 bridgehead atoms. The van der Waals surface area contributed by atoms with Crippen molar-refractivity contribution in [2.75, 3.05) is 40.5 Å². The van der Waals surface area contributed by atoms with E-state index in [1.807, 2.05) is 39.0 Å². The van der Waals surface area contributed by atoms with Crippen molar-refractivity contribution >= 4 is 34.8 Å². The predicted octanol–water partition coefficient (Wildman–Crippen LogP) is 6.33. The fourth-order valence-corrected chi connectivity index (χ4v) is 9.19. The molecule has 15 heteroatoms. The number of benzene rings is 2. The molecule has 2 aromatic carbocycles. The minimum atomic E-state index is -1.15. The Morgan fingerprint density at radius 2 is 1.89 bits per heavy atom. The standard InChI is InChI=1S/C48H62N6O9/c1-9-53-40-15-14-31-24-36(40)37(43(53)35-12-10-17-49-41(35)29(4)60-8)25-48(5,6)27-62-46(58)38-13-11-18-54(51-38)45(57)39(22-30-20-32(31)23-33(55)21-30)50-44(56)42(28(2)3)52(7)47(59)63-34-16-19-61-26-34/h10,12,14-15,17,20-21,23-24,28-29,34,38-39,42,51,55H,9,11,13,16,18-19,22,25-27H2,1-8H3,(H,50,56)/t29-,34-,38-,39-,42?/m0/s1. The number of carbonyl (C=O) groups excluding carboxylic acids is 4. The highest BCUT2D eigenvalue weighted by molar-refractivity contribution is 5.96. The van der Waals surface area contributed by atoms with E-state index < -0.39 is 53.5 Å². The van der Waals surface area contributed by atoms with E-state index in [2.05, 4.69) is 54.3 Å². The second-order valence-corrected chi connectivity index (χ2v) is 18.2. The molecule has 3 aliphatic rings. The zero-order valence-corrected chi connectivity index (χ0v) is 37.7.